The highest BCUT2D eigenvalue weighted by Crippen LogP contribution is 2.47. The topological polar surface area (TPSA) is 51.7 Å². The second-order valence-corrected chi connectivity index (χ2v) is 37.7. The number of fused-ring (bicyclic) bond motifs is 9. The molecule has 22 aromatic rings. The maximum atomic E-state index is 8.52. The van der Waals surface area contributed by atoms with Gasteiger partial charge in [-0.05, 0) is 238 Å². The zero-order chi connectivity index (χ0) is 116. The van der Waals surface area contributed by atoms with Gasteiger partial charge < -0.3 is 32.6 Å². The van der Waals surface area contributed by atoms with E-state index in [0.717, 1.165) is 28.6 Å². The van der Waals surface area contributed by atoms with Gasteiger partial charge in [0.1, 0.15) is 46.0 Å². The number of ether oxygens (including phenoxy) is 4. The summed E-state index contributed by atoms with van der Waals surface area (Å²) in [5, 5.41) is 7.80. The monoisotopic (exact) mass is 1900 g/mol. The maximum Gasteiger partial charge on any atom is 0.134 e. The van der Waals surface area contributed by atoms with Crippen LogP contribution in [0.2, 0.25) is 0 Å². The van der Waals surface area contributed by atoms with Crippen LogP contribution in [0.5, 0.6) is 46.0 Å². The smallest absolute Gasteiger partial charge is 0.134 e. The van der Waals surface area contributed by atoms with E-state index in [4.69, 9.17) is 43.6 Å². The lowest BCUT2D eigenvalue weighted by molar-refractivity contribution is 0.444. The minimum absolute atomic E-state index is 0.0221. The number of aromatic nitrogens is 3. The summed E-state index contributed by atoms with van der Waals surface area (Å²) in [5.41, 5.74) is 23.6. The zero-order valence-electron chi connectivity index (χ0n) is 103. The molecule has 7 heteroatoms. The van der Waals surface area contributed by atoms with Crippen molar-refractivity contribution in [2.24, 2.45) is 0 Å². The lowest BCUT2D eigenvalue weighted by Gasteiger charge is -2.22. The molecule has 0 aliphatic rings. The van der Waals surface area contributed by atoms with Gasteiger partial charge >= 0.3 is 0 Å². The van der Waals surface area contributed by atoms with Crippen LogP contribution in [0.4, 0.5) is 0 Å². The first-order valence-corrected chi connectivity index (χ1v) is 49.5. The highest BCUT2D eigenvalue weighted by molar-refractivity contribution is 6.12. The van der Waals surface area contributed by atoms with Crippen LogP contribution in [0.1, 0.15) is 213 Å². The second-order valence-electron chi connectivity index (χ2n) is 37.7. The number of hydrogen-bond acceptors (Lipinski definition) is 4. The number of para-hydroxylation sites is 10. The first kappa shape index (κ1) is 78.5. The molecule has 0 aliphatic heterocycles. The molecule has 0 bridgehead atoms. The molecule has 0 saturated carbocycles. The predicted octanol–water partition coefficient (Wildman–Crippen LogP) is 40.1. The summed E-state index contributed by atoms with van der Waals surface area (Å²) >= 11 is 0. The van der Waals surface area contributed by atoms with Crippen LogP contribution in [-0.2, 0) is 0 Å². The van der Waals surface area contributed by atoms with Gasteiger partial charge in [0.2, 0.25) is 0 Å². The van der Waals surface area contributed by atoms with Crippen molar-refractivity contribution < 1.29 is 43.6 Å². The average molecular weight is 1900 g/mol. The third-order valence-electron chi connectivity index (χ3n) is 25.3. The van der Waals surface area contributed by atoms with Gasteiger partial charge in [-0.25, -0.2) is 0 Å². The van der Waals surface area contributed by atoms with Gasteiger partial charge in [-0.3, -0.25) is 0 Å². The van der Waals surface area contributed by atoms with Crippen molar-refractivity contribution in [3.63, 3.8) is 0 Å². The fourth-order valence-electron chi connectivity index (χ4n) is 19.1. The van der Waals surface area contributed by atoms with Crippen molar-refractivity contribution in [1.82, 2.24) is 13.7 Å². The molecule has 22 rings (SSSR count). The highest BCUT2D eigenvalue weighted by Gasteiger charge is 2.26. The quantitative estimate of drug-likeness (QED) is 0.0719. The van der Waals surface area contributed by atoms with Gasteiger partial charge in [-0.15, -0.1) is 0 Å². The molecule has 718 valence electrons. The minimum Gasteiger partial charge on any atom is -0.457 e. The molecule has 0 fully saturated rings. The Hall–Kier alpha value is -16.2. The van der Waals surface area contributed by atoms with Gasteiger partial charge in [-0.1, -0.05) is 441 Å². The number of benzene rings is 19. The second kappa shape index (κ2) is 46.5. The van der Waals surface area contributed by atoms with Crippen molar-refractivity contribution in [2.75, 3.05) is 0 Å². The zero-order valence-corrected chi connectivity index (χ0v) is 84.5. The molecule has 0 amide bonds. The Labute approximate surface area is 877 Å². The summed E-state index contributed by atoms with van der Waals surface area (Å²) in [5.74, 6) is 4.99. The molecule has 0 radical (unpaired) electrons. The summed E-state index contributed by atoms with van der Waals surface area (Å²) in [6.45, 7) is 33.1. The van der Waals surface area contributed by atoms with Crippen molar-refractivity contribution in [3.8, 4) is 96.4 Å². The fraction of sp³-hybridized carbons (Fsp3) is 0.168. The van der Waals surface area contributed by atoms with Crippen LogP contribution in [0.3, 0.4) is 0 Å². The first-order chi connectivity index (χ1) is 77.6. The molecule has 3 heterocycles. The summed E-state index contributed by atoms with van der Waals surface area (Å²) in [6, 6.07) is 114. The fourth-order valence-corrected chi connectivity index (χ4v) is 19.1. The van der Waals surface area contributed by atoms with Crippen LogP contribution in [0, 0.1) is 13.8 Å². The SMILES string of the molecule is CC(C)c1c(-n2c3ccccc3c3ccccc32)cccc1-n1c2ccccc2c2ccccc21.CC(C)c1c(Oc2ccccc2)cccc1Oc1ccccc1.CC(C)c1cccc(-c2ccccc2)c1C(C)C.CC(C)c1ccccc1-n1c2ccccc2c2ccccc21.[2H]c1c([2H])c([2H])c(-c2cccc(-c3c([2H])c([2H])c([2H])c(C)c3[2H])c2C(C)C)c([2H])c1[2H].[2H]c1c([2H])c([2H])c(Oc2cccc(Oc3c([2H])c([2H])c(C)c([2H])c3[2H])c2C(C)C)c([2H])c1[2H]. The lowest BCUT2D eigenvalue weighted by atomic mass is 9.84. The molecular formula is C137H131N3O4. The first-order valence-electron chi connectivity index (χ1n) is 58.5. The van der Waals surface area contributed by atoms with E-state index in [0.29, 0.717) is 51.5 Å². The Balaban J connectivity index is 0.000000132. The third kappa shape index (κ3) is 22.5. The van der Waals surface area contributed by atoms with E-state index in [1.165, 1.54) is 123 Å². The van der Waals surface area contributed by atoms with Crippen LogP contribution in [0.15, 0.2) is 461 Å². The Morgan fingerprint density at radius 3 is 0.896 bits per heavy atom. The number of hydrogen-bond donors (Lipinski definition) is 0. The maximum absolute atomic E-state index is 8.52. The van der Waals surface area contributed by atoms with Gasteiger partial charge in [0.25, 0.3) is 0 Å². The van der Waals surface area contributed by atoms with Crippen molar-refractivity contribution >= 4 is 65.4 Å². The normalized spacial score (nSPS) is 13.0. The summed E-state index contributed by atoms with van der Waals surface area (Å²) < 4.78 is 177. The highest BCUT2D eigenvalue weighted by atomic mass is 16.5. The summed E-state index contributed by atoms with van der Waals surface area (Å²) in [7, 11) is 0. The Bertz CT molecular complexity index is 8620. The summed E-state index contributed by atoms with van der Waals surface area (Å²) in [4.78, 5) is 0. The van der Waals surface area contributed by atoms with Crippen LogP contribution in [-0.4, -0.2) is 13.7 Å². The molecule has 0 aliphatic carbocycles. The standard InChI is InChI=1S/C33H26N2.C22H22O2.C22H22.C21H19N.C21H20O2.C18H22/c1-22(2)33-31(34-27-16-7-3-12-23(27)24-13-4-8-17-28(24)34)20-11-21-32(33)35-29-18-9-5-14-25(29)26-15-6-10-19-30(26)35;1-16(2)22-20(23-18-8-5-4-6-9-18)10-7-11-21(22)24-19-14-12-17(3)13-15-19;1-16(2)22-20(18-10-5-4-6-11-18)13-8-14-21(22)19-12-7-9-17(3)15-19;1-15(2)16-9-3-6-12-19(16)22-20-13-7-4-10-17(20)18-11-5-8-14-21(18)22;1-16(2)21-19(22-17-10-5-3-6-11-17)14-9-15-20(21)23-18-12-7-4-8-13-18;1-13(2)16-11-8-12-17(18(16)14(3)4)15-9-6-5-7-10-15/h3-22H,1-2H3;4-16H,1-3H3;4-16H,1-3H3;3-15H,1-2H3;3-16H,1-2H3;5-14H,1-4H3/i;4D,5D,6D,8D,9D,12D,13D,14D,15D;4D,5D,6D,7D,9D,10D,11D,12D,15D;;;. The van der Waals surface area contributed by atoms with E-state index in [-0.39, 0.29) is 118 Å². The van der Waals surface area contributed by atoms with Gasteiger partial charge in [0.15, 0.2) is 0 Å². The molecule has 19 aromatic carbocycles. The Kier molecular flexibility index (Phi) is 25.3. The van der Waals surface area contributed by atoms with Crippen molar-refractivity contribution in [2.45, 2.75) is 152 Å². The van der Waals surface area contributed by atoms with Crippen molar-refractivity contribution in [1.29, 1.82) is 0 Å². The Morgan fingerprint density at radius 2 is 0.493 bits per heavy atom. The van der Waals surface area contributed by atoms with Crippen LogP contribution >= 0.6 is 0 Å². The van der Waals surface area contributed by atoms with E-state index >= 15 is 0 Å². The lowest BCUT2D eigenvalue weighted by Crippen LogP contribution is -2.07. The molecule has 144 heavy (non-hydrogen) atoms. The van der Waals surface area contributed by atoms with E-state index in [2.05, 4.69) is 320 Å². The van der Waals surface area contributed by atoms with Crippen LogP contribution < -0.4 is 18.9 Å². The Morgan fingerprint density at radius 1 is 0.194 bits per heavy atom. The van der Waals surface area contributed by atoms with Crippen molar-refractivity contribution in [3.05, 3.63) is 511 Å². The molecule has 3 aromatic heterocycles. The number of rotatable bonds is 21. The molecule has 0 spiro atoms. The van der Waals surface area contributed by atoms with E-state index < -0.39 is 48.3 Å². The van der Waals surface area contributed by atoms with E-state index in [1.54, 1.807) is 43.3 Å². The van der Waals surface area contributed by atoms with E-state index in [9.17, 15) is 0 Å². The molecule has 0 saturated heterocycles. The molecule has 0 unspecified atom stereocenters. The molecule has 7 nitrogen and oxygen atoms in total. The van der Waals surface area contributed by atoms with Gasteiger partial charge in [0, 0.05) is 54.7 Å². The predicted molar refractivity (Wildman–Crippen MR) is 612 cm³/mol. The average Bonchev–Trinajstić information content (AvgIpc) is 1.64. The molecule has 0 N–H and O–H groups in total. The number of nitrogens with zero attached hydrogens (tertiary/aromatic N) is 3. The van der Waals surface area contributed by atoms with Gasteiger partial charge in [-0.2, -0.15) is 0 Å². The molecule has 0 atom stereocenters. The van der Waals surface area contributed by atoms with Gasteiger partial charge in [0.05, 0.1) is 69.1 Å². The summed E-state index contributed by atoms with van der Waals surface area (Å²) in [6.07, 6.45) is 0. The van der Waals surface area contributed by atoms with E-state index in [1.807, 2.05) is 107 Å². The van der Waals surface area contributed by atoms with Crippen LogP contribution in [0.25, 0.3) is 116 Å². The molecular weight excluding hydrogens is 1750 g/mol. The largest absolute Gasteiger partial charge is 0.457 e. The minimum atomic E-state index is -0.527. The third-order valence-corrected chi connectivity index (χ3v) is 25.3.